The van der Waals surface area contributed by atoms with E-state index >= 15 is 0 Å². The fraction of sp³-hybridized carbons (Fsp3) is 0.333. The van der Waals surface area contributed by atoms with Crippen molar-refractivity contribution in [3.63, 3.8) is 0 Å². The lowest BCUT2D eigenvalue weighted by atomic mass is 9.94. The third-order valence-electron chi connectivity index (χ3n) is 8.70. The van der Waals surface area contributed by atoms with E-state index in [1.165, 1.54) is 25.3 Å². The molecule has 0 aliphatic carbocycles. The first kappa shape index (κ1) is 25.6. The van der Waals surface area contributed by atoms with Crippen LogP contribution in [0, 0.1) is 11.7 Å². The maximum Gasteiger partial charge on any atom is 0.154 e. The Morgan fingerprint density at radius 2 is 1.71 bits per heavy atom. The van der Waals surface area contributed by atoms with Gasteiger partial charge in [0, 0.05) is 31.4 Å². The lowest BCUT2D eigenvalue weighted by Crippen LogP contribution is -2.34. The quantitative estimate of drug-likeness (QED) is 0.229. The first-order valence-corrected chi connectivity index (χ1v) is 14.7. The molecule has 1 atom stereocenters. The molecule has 6 heterocycles. The molecule has 2 aliphatic rings. The summed E-state index contributed by atoms with van der Waals surface area (Å²) < 4.78 is 15.9. The molecule has 208 valence electrons. The molecule has 2 aliphatic heterocycles. The van der Waals surface area contributed by atoms with Crippen LogP contribution in [0.4, 0.5) is 16.0 Å². The number of fused-ring (bicyclic) bond motifs is 1. The van der Waals surface area contributed by atoms with E-state index in [9.17, 15) is 4.39 Å². The number of imidazole rings is 1. The number of pyridine rings is 2. The Balaban J connectivity index is 1.19. The Morgan fingerprint density at radius 3 is 2.56 bits per heavy atom. The van der Waals surface area contributed by atoms with Crippen molar-refractivity contribution in [3.05, 3.63) is 90.5 Å². The number of halogens is 1. The molecule has 0 bridgehead atoms. The summed E-state index contributed by atoms with van der Waals surface area (Å²) in [6.07, 6.45) is 9.42. The molecule has 2 fully saturated rings. The highest BCUT2D eigenvalue weighted by molar-refractivity contribution is 5.68. The Morgan fingerprint density at radius 1 is 0.854 bits per heavy atom. The maximum absolute atomic E-state index is 14.0. The minimum Gasteiger partial charge on any atom is -0.357 e. The van der Waals surface area contributed by atoms with Crippen LogP contribution in [0.5, 0.6) is 0 Å². The van der Waals surface area contributed by atoms with Gasteiger partial charge in [-0.25, -0.2) is 23.9 Å². The van der Waals surface area contributed by atoms with Crippen LogP contribution >= 0.6 is 0 Å². The zero-order chi connectivity index (χ0) is 27.8. The summed E-state index contributed by atoms with van der Waals surface area (Å²) >= 11 is 0. The topological polar surface area (TPSA) is 62.5 Å². The molecular weight excluding hydrogens is 513 g/mol. The van der Waals surface area contributed by atoms with Gasteiger partial charge in [0.2, 0.25) is 0 Å². The molecule has 4 aromatic heterocycles. The van der Waals surface area contributed by atoms with Crippen LogP contribution in [0.15, 0.2) is 79.1 Å². The van der Waals surface area contributed by atoms with E-state index in [1.807, 2.05) is 59.4 Å². The summed E-state index contributed by atoms with van der Waals surface area (Å²) in [4.78, 5) is 19.0. The fourth-order valence-corrected chi connectivity index (χ4v) is 6.35. The van der Waals surface area contributed by atoms with Crippen molar-refractivity contribution in [1.82, 2.24) is 24.6 Å². The van der Waals surface area contributed by atoms with Gasteiger partial charge in [0.1, 0.15) is 23.1 Å². The van der Waals surface area contributed by atoms with Gasteiger partial charge < -0.3 is 9.80 Å². The average molecular weight is 548 g/mol. The first-order valence-electron chi connectivity index (χ1n) is 14.7. The Hall–Kier alpha value is -4.33. The third kappa shape index (κ3) is 5.03. The van der Waals surface area contributed by atoms with E-state index in [0.29, 0.717) is 0 Å². The van der Waals surface area contributed by atoms with Gasteiger partial charge in [-0.2, -0.15) is 0 Å². The van der Waals surface area contributed by atoms with E-state index in [4.69, 9.17) is 10.1 Å². The first-order chi connectivity index (χ1) is 20.2. The van der Waals surface area contributed by atoms with Gasteiger partial charge >= 0.3 is 0 Å². The number of hydrogen-bond acceptors (Lipinski definition) is 6. The van der Waals surface area contributed by atoms with E-state index < -0.39 is 0 Å². The summed E-state index contributed by atoms with van der Waals surface area (Å²) in [5.41, 5.74) is 5.33. The van der Waals surface area contributed by atoms with Gasteiger partial charge in [0.25, 0.3) is 0 Å². The molecule has 5 aromatic rings. The summed E-state index contributed by atoms with van der Waals surface area (Å²) in [5, 5.41) is 5.01. The van der Waals surface area contributed by atoms with Gasteiger partial charge in [0.15, 0.2) is 5.65 Å². The summed E-state index contributed by atoms with van der Waals surface area (Å²) in [5.74, 6) is 2.49. The van der Waals surface area contributed by atoms with Crippen molar-refractivity contribution >= 4 is 17.3 Å². The van der Waals surface area contributed by atoms with Crippen molar-refractivity contribution < 1.29 is 4.39 Å². The molecule has 7 rings (SSSR count). The summed E-state index contributed by atoms with van der Waals surface area (Å²) in [6, 6.07) is 21.3. The van der Waals surface area contributed by atoms with Crippen molar-refractivity contribution in [2.75, 3.05) is 29.4 Å². The molecule has 41 heavy (non-hydrogen) atoms. The Bertz CT molecular complexity index is 1670. The van der Waals surface area contributed by atoms with E-state index in [0.717, 1.165) is 83.9 Å². The number of hydrogen-bond donors (Lipinski definition) is 0. The zero-order valence-corrected chi connectivity index (χ0v) is 23.3. The molecule has 8 heteroatoms. The highest BCUT2D eigenvalue weighted by Gasteiger charge is 2.28. The average Bonchev–Trinajstić information content (AvgIpc) is 3.69. The van der Waals surface area contributed by atoms with Gasteiger partial charge in [-0.3, -0.25) is 0 Å². The van der Waals surface area contributed by atoms with E-state index in [1.54, 1.807) is 12.1 Å². The molecule has 1 aromatic carbocycles. The summed E-state index contributed by atoms with van der Waals surface area (Å²) in [7, 11) is 0. The van der Waals surface area contributed by atoms with Crippen LogP contribution < -0.4 is 9.80 Å². The van der Waals surface area contributed by atoms with Crippen molar-refractivity contribution in [3.8, 4) is 22.6 Å². The maximum atomic E-state index is 14.0. The molecule has 0 spiro atoms. The zero-order valence-electron chi connectivity index (χ0n) is 23.3. The van der Waals surface area contributed by atoms with Crippen LogP contribution in [0.25, 0.3) is 28.3 Å². The predicted octanol–water partition coefficient (Wildman–Crippen LogP) is 6.96. The standard InChI is InChI=1S/C33H34FN7/c1-2-23-14-18-39(19-15-23)33-21-24(13-16-35-33)27-8-4-9-28(37-27)30-22-36-31-11-12-32(38-41(30)31)40-17-5-10-29(40)25-6-3-7-26(34)20-25/h3-4,6-9,11-13,16,20-23,29H,2,5,10,14-15,17-19H2,1H3. The third-order valence-corrected chi connectivity index (χ3v) is 8.70. The minimum atomic E-state index is -0.206. The van der Waals surface area contributed by atoms with E-state index in [2.05, 4.69) is 32.8 Å². The second kappa shape index (κ2) is 10.9. The number of piperidine rings is 1. The van der Waals surface area contributed by atoms with Crippen molar-refractivity contribution in [1.29, 1.82) is 0 Å². The van der Waals surface area contributed by atoms with E-state index in [-0.39, 0.29) is 11.9 Å². The van der Waals surface area contributed by atoms with Gasteiger partial charge in [-0.1, -0.05) is 31.5 Å². The van der Waals surface area contributed by atoms with Crippen LogP contribution in [0.2, 0.25) is 0 Å². The summed E-state index contributed by atoms with van der Waals surface area (Å²) in [6.45, 7) is 5.26. The number of anilines is 2. The molecule has 0 amide bonds. The molecular formula is C33H34FN7. The minimum absolute atomic E-state index is 0.0951. The Labute approximate surface area is 239 Å². The second-order valence-electron chi connectivity index (χ2n) is 11.2. The molecule has 0 radical (unpaired) electrons. The second-order valence-corrected chi connectivity index (χ2v) is 11.2. The molecule has 7 nitrogen and oxygen atoms in total. The smallest absolute Gasteiger partial charge is 0.154 e. The van der Waals surface area contributed by atoms with Crippen LogP contribution in [0.1, 0.15) is 50.6 Å². The largest absolute Gasteiger partial charge is 0.357 e. The molecule has 2 saturated heterocycles. The predicted molar refractivity (Wildman–Crippen MR) is 160 cm³/mol. The van der Waals surface area contributed by atoms with Gasteiger partial charge in [-0.15, -0.1) is 5.10 Å². The van der Waals surface area contributed by atoms with Gasteiger partial charge in [-0.05, 0) is 85.7 Å². The number of rotatable bonds is 6. The highest BCUT2D eigenvalue weighted by atomic mass is 19.1. The van der Waals surface area contributed by atoms with Gasteiger partial charge in [0.05, 0.1) is 23.6 Å². The van der Waals surface area contributed by atoms with Crippen LogP contribution in [-0.2, 0) is 0 Å². The van der Waals surface area contributed by atoms with Crippen LogP contribution in [0.3, 0.4) is 0 Å². The lowest BCUT2D eigenvalue weighted by molar-refractivity contribution is 0.394. The van der Waals surface area contributed by atoms with Crippen molar-refractivity contribution in [2.24, 2.45) is 5.92 Å². The Kier molecular flexibility index (Phi) is 6.82. The van der Waals surface area contributed by atoms with Crippen molar-refractivity contribution in [2.45, 2.75) is 45.1 Å². The normalized spacial score (nSPS) is 18.0. The van der Waals surface area contributed by atoms with Crippen LogP contribution in [-0.4, -0.2) is 44.2 Å². The lowest BCUT2D eigenvalue weighted by Gasteiger charge is -2.32. The highest BCUT2D eigenvalue weighted by Crippen LogP contribution is 2.36. The SMILES string of the molecule is CCC1CCN(c2cc(-c3cccc(-c4cnc5ccc(N6CCCC6c6cccc(F)c6)nn45)n3)ccn2)CC1. The number of nitrogens with zero attached hydrogens (tertiary/aromatic N) is 7. The monoisotopic (exact) mass is 547 g/mol. The number of aromatic nitrogens is 5. The molecule has 0 saturated carbocycles. The molecule has 1 unspecified atom stereocenters. The fourth-order valence-electron chi connectivity index (χ4n) is 6.35. The molecule has 0 N–H and O–H groups in total. The number of benzene rings is 1.